The van der Waals surface area contributed by atoms with Gasteiger partial charge in [0.25, 0.3) is 0 Å². The average molecular weight is 328 g/mol. The Kier molecular flexibility index (Phi) is 4.73. The van der Waals surface area contributed by atoms with Crippen LogP contribution in [0.2, 0.25) is 5.02 Å². The zero-order valence-electron chi connectivity index (χ0n) is 11.9. The van der Waals surface area contributed by atoms with Gasteiger partial charge in [-0.3, -0.25) is 0 Å². The first-order chi connectivity index (χ1) is 9.85. The van der Waals surface area contributed by atoms with E-state index in [-0.39, 0.29) is 11.4 Å². The second-order valence-electron chi connectivity index (χ2n) is 4.85. The molecule has 0 saturated heterocycles. The molecule has 114 valence electrons. The van der Waals surface area contributed by atoms with Gasteiger partial charge in [0.05, 0.1) is 4.90 Å². The van der Waals surface area contributed by atoms with Crippen molar-refractivity contribution in [2.75, 3.05) is 0 Å². The van der Waals surface area contributed by atoms with Gasteiger partial charge in [0.15, 0.2) is 0 Å². The molecule has 21 heavy (non-hydrogen) atoms. The van der Waals surface area contributed by atoms with Crippen LogP contribution in [0.1, 0.15) is 24.2 Å². The van der Waals surface area contributed by atoms with Crippen LogP contribution in [0.3, 0.4) is 0 Å². The maximum atomic E-state index is 12.4. The van der Waals surface area contributed by atoms with Crippen LogP contribution in [-0.2, 0) is 23.6 Å². The van der Waals surface area contributed by atoms with Crippen LogP contribution in [0.5, 0.6) is 0 Å². The fourth-order valence-electron chi connectivity index (χ4n) is 2.12. The van der Waals surface area contributed by atoms with Crippen molar-refractivity contribution >= 4 is 21.6 Å². The van der Waals surface area contributed by atoms with Gasteiger partial charge in [-0.1, -0.05) is 29.8 Å². The molecule has 3 N–H and O–H groups in total. The zero-order valence-corrected chi connectivity index (χ0v) is 13.4. The molecule has 0 amide bonds. The summed E-state index contributed by atoms with van der Waals surface area (Å²) >= 11 is 6.09. The Labute approximate surface area is 129 Å². The van der Waals surface area contributed by atoms with Gasteiger partial charge in [-0.2, -0.15) is 0 Å². The predicted molar refractivity (Wildman–Crippen MR) is 83.5 cm³/mol. The Morgan fingerprint density at radius 1 is 1.38 bits per heavy atom. The Bertz CT molecular complexity index is 740. The van der Waals surface area contributed by atoms with Crippen molar-refractivity contribution < 1.29 is 8.42 Å². The number of rotatable bonds is 5. The minimum Gasteiger partial charge on any atom is -0.352 e. The number of nitrogens with one attached hydrogen (secondary N) is 1. The first kappa shape index (κ1) is 16.0. The van der Waals surface area contributed by atoms with Gasteiger partial charge >= 0.3 is 0 Å². The van der Waals surface area contributed by atoms with Crippen LogP contribution in [0.25, 0.3) is 0 Å². The highest BCUT2D eigenvalue weighted by Gasteiger charge is 2.21. The van der Waals surface area contributed by atoms with E-state index in [2.05, 4.69) is 4.72 Å². The molecule has 0 saturated carbocycles. The molecule has 7 heteroatoms. The maximum Gasteiger partial charge on any atom is 0.242 e. The van der Waals surface area contributed by atoms with E-state index >= 15 is 0 Å². The molecule has 2 aromatic rings. The highest BCUT2D eigenvalue weighted by molar-refractivity contribution is 7.89. The van der Waals surface area contributed by atoms with E-state index in [0.717, 1.165) is 11.3 Å². The second kappa shape index (κ2) is 6.19. The molecule has 0 aliphatic carbocycles. The molecular formula is C14H18ClN3O2S. The minimum atomic E-state index is -3.62. The number of aryl methyl sites for hydroxylation is 1. The van der Waals surface area contributed by atoms with Gasteiger partial charge in [0.1, 0.15) is 0 Å². The Hall–Kier alpha value is -1.34. The minimum absolute atomic E-state index is 0.198. The average Bonchev–Trinajstić information content (AvgIpc) is 2.80. The van der Waals surface area contributed by atoms with Crippen molar-refractivity contribution in [2.24, 2.45) is 12.8 Å². The lowest BCUT2D eigenvalue weighted by molar-refractivity contribution is 0.567. The highest BCUT2D eigenvalue weighted by atomic mass is 35.5. The van der Waals surface area contributed by atoms with Crippen LogP contribution in [0, 0.1) is 0 Å². The summed E-state index contributed by atoms with van der Waals surface area (Å²) in [5, 5.41) is 0.531. The van der Waals surface area contributed by atoms with E-state index in [0.29, 0.717) is 5.02 Å². The van der Waals surface area contributed by atoms with Crippen molar-refractivity contribution in [1.82, 2.24) is 9.29 Å². The summed E-state index contributed by atoms with van der Waals surface area (Å²) in [7, 11) is -1.86. The molecule has 2 rings (SSSR count). The Morgan fingerprint density at radius 3 is 2.62 bits per heavy atom. The molecule has 0 spiro atoms. The molecule has 0 fully saturated rings. The predicted octanol–water partition coefficient (Wildman–Crippen LogP) is 2.18. The van der Waals surface area contributed by atoms with E-state index < -0.39 is 16.1 Å². The summed E-state index contributed by atoms with van der Waals surface area (Å²) in [5.41, 5.74) is 7.05. The van der Waals surface area contributed by atoms with Gasteiger partial charge in [-0.05, 0) is 24.6 Å². The maximum absolute atomic E-state index is 12.4. The van der Waals surface area contributed by atoms with Gasteiger partial charge in [-0.25, -0.2) is 13.1 Å². The summed E-state index contributed by atoms with van der Waals surface area (Å²) in [4.78, 5) is 0.198. The third-order valence-electron chi connectivity index (χ3n) is 3.31. The normalized spacial score (nSPS) is 13.3. The Balaban J connectivity index is 2.27. The fourth-order valence-corrected chi connectivity index (χ4v) is 3.73. The summed E-state index contributed by atoms with van der Waals surface area (Å²) in [6, 6.07) is 8.30. The highest BCUT2D eigenvalue weighted by Crippen LogP contribution is 2.24. The second-order valence-corrected chi connectivity index (χ2v) is 6.97. The lowest BCUT2D eigenvalue weighted by Gasteiger charge is -2.15. The van der Waals surface area contributed by atoms with Crippen molar-refractivity contribution in [1.29, 1.82) is 0 Å². The van der Waals surface area contributed by atoms with E-state index in [9.17, 15) is 8.42 Å². The first-order valence-electron chi connectivity index (χ1n) is 6.47. The van der Waals surface area contributed by atoms with Crippen LogP contribution < -0.4 is 10.5 Å². The van der Waals surface area contributed by atoms with Crippen LogP contribution >= 0.6 is 11.6 Å². The molecule has 1 aromatic carbocycles. The molecule has 1 aromatic heterocycles. The SMILES string of the molecule is CC(NS(=O)(=O)c1cc(CN)n(C)c1)c1ccccc1Cl. The lowest BCUT2D eigenvalue weighted by atomic mass is 10.1. The molecule has 0 bridgehead atoms. The number of benzene rings is 1. The molecule has 1 atom stereocenters. The van der Waals surface area contributed by atoms with Crippen LogP contribution in [0.4, 0.5) is 0 Å². The third-order valence-corrected chi connectivity index (χ3v) is 5.16. The first-order valence-corrected chi connectivity index (χ1v) is 8.33. The lowest BCUT2D eigenvalue weighted by Crippen LogP contribution is -2.26. The van der Waals surface area contributed by atoms with Gasteiger partial charge in [0, 0.05) is 36.5 Å². The number of aromatic nitrogens is 1. The van der Waals surface area contributed by atoms with Gasteiger partial charge in [0.2, 0.25) is 10.0 Å². The summed E-state index contributed by atoms with van der Waals surface area (Å²) < 4.78 is 29.1. The molecule has 1 unspecified atom stereocenters. The number of halogens is 1. The molecule has 0 aliphatic rings. The van der Waals surface area contributed by atoms with Crippen LogP contribution in [-0.4, -0.2) is 13.0 Å². The van der Waals surface area contributed by atoms with Crippen molar-refractivity contribution in [3.05, 3.63) is 52.8 Å². The van der Waals surface area contributed by atoms with Crippen molar-refractivity contribution in [3.8, 4) is 0 Å². The summed E-state index contributed by atoms with van der Waals surface area (Å²) in [6.07, 6.45) is 1.55. The van der Waals surface area contributed by atoms with Crippen molar-refractivity contribution in [2.45, 2.75) is 24.4 Å². The van der Waals surface area contributed by atoms with E-state index in [4.69, 9.17) is 17.3 Å². The molecule has 0 aliphatic heterocycles. The number of sulfonamides is 1. The van der Waals surface area contributed by atoms with Gasteiger partial charge < -0.3 is 10.3 Å². The Morgan fingerprint density at radius 2 is 2.05 bits per heavy atom. The van der Waals surface area contributed by atoms with Gasteiger partial charge in [-0.15, -0.1) is 0 Å². The number of nitrogens with zero attached hydrogens (tertiary/aromatic N) is 1. The zero-order chi connectivity index (χ0) is 15.6. The standard InChI is InChI=1S/C14H18ClN3O2S/c1-10(13-5-3-4-6-14(13)15)17-21(19,20)12-7-11(8-16)18(2)9-12/h3-7,9-10,17H,8,16H2,1-2H3. The monoisotopic (exact) mass is 327 g/mol. The quantitative estimate of drug-likeness (QED) is 0.883. The summed E-state index contributed by atoms with van der Waals surface area (Å²) in [6.45, 7) is 2.04. The number of nitrogens with two attached hydrogens (primary N) is 1. The number of hydrogen-bond acceptors (Lipinski definition) is 3. The van der Waals surface area contributed by atoms with E-state index in [1.807, 2.05) is 6.07 Å². The smallest absolute Gasteiger partial charge is 0.242 e. The number of hydrogen-bond donors (Lipinski definition) is 2. The third kappa shape index (κ3) is 3.47. The van der Waals surface area contributed by atoms with E-state index in [1.165, 1.54) is 0 Å². The van der Waals surface area contributed by atoms with Crippen LogP contribution in [0.15, 0.2) is 41.4 Å². The largest absolute Gasteiger partial charge is 0.352 e. The molecule has 0 radical (unpaired) electrons. The molecular weight excluding hydrogens is 310 g/mol. The van der Waals surface area contributed by atoms with E-state index in [1.54, 1.807) is 49.0 Å². The fraction of sp³-hybridized carbons (Fsp3) is 0.286. The van der Waals surface area contributed by atoms with Crippen molar-refractivity contribution in [3.63, 3.8) is 0 Å². The summed E-state index contributed by atoms with van der Waals surface area (Å²) in [5.74, 6) is 0. The molecule has 5 nitrogen and oxygen atoms in total. The topological polar surface area (TPSA) is 77.1 Å². The molecule has 1 heterocycles.